The molecule has 0 aromatic heterocycles. The molecule has 3 rings (SSSR count). The first-order chi connectivity index (χ1) is 20.6. The highest BCUT2D eigenvalue weighted by molar-refractivity contribution is 5.95. The van der Waals surface area contributed by atoms with Gasteiger partial charge in [-0.3, -0.25) is 0 Å². The van der Waals surface area contributed by atoms with Crippen LogP contribution in [0.5, 0.6) is 11.5 Å². The Kier molecular flexibility index (Phi) is 10.7. The van der Waals surface area contributed by atoms with Crippen LogP contribution in [0.4, 0.5) is 13.2 Å². The lowest BCUT2D eigenvalue weighted by molar-refractivity contribution is -0.163. The smallest absolute Gasteiger partial charge is 0.419 e. The first-order valence-electron chi connectivity index (χ1n) is 13.6. The third-order valence-electron chi connectivity index (χ3n) is 6.22. The summed E-state index contributed by atoms with van der Waals surface area (Å²) in [6.07, 6.45) is -2.21. The van der Waals surface area contributed by atoms with E-state index in [1.807, 2.05) is 6.07 Å². The molecule has 3 aromatic rings. The summed E-state index contributed by atoms with van der Waals surface area (Å²) in [6.45, 7) is 12.2. The van der Waals surface area contributed by atoms with Crippen molar-refractivity contribution in [3.8, 4) is 22.6 Å². The highest BCUT2D eigenvalue weighted by atomic mass is 19.4. The molecule has 0 radical (unpaired) electrons. The largest absolute Gasteiger partial charge is 0.489 e. The summed E-state index contributed by atoms with van der Waals surface area (Å²) in [6, 6.07) is 15.6. The average molecular weight is 613 g/mol. The summed E-state index contributed by atoms with van der Waals surface area (Å²) >= 11 is 0. The molecule has 10 heteroatoms. The molecule has 0 aliphatic heterocycles. The monoisotopic (exact) mass is 612 g/mol. The maximum Gasteiger partial charge on any atom is 0.419 e. The Hall–Kier alpha value is -4.57. The van der Waals surface area contributed by atoms with Gasteiger partial charge in [-0.05, 0) is 57.0 Å². The van der Waals surface area contributed by atoms with E-state index >= 15 is 0 Å². The van der Waals surface area contributed by atoms with E-state index in [0.717, 1.165) is 12.1 Å². The number of carbonyl (C=O) groups is 2. The van der Waals surface area contributed by atoms with Crippen LogP contribution in [0.25, 0.3) is 11.1 Å². The number of rotatable bonds is 12. The average Bonchev–Trinajstić information content (AvgIpc) is 2.96. The first-order valence-corrected chi connectivity index (χ1v) is 13.6. The molecule has 1 unspecified atom stereocenters. The lowest BCUT2D eigenvalue weighted by atomic mass is 9.88. The van der Waals surface area contributed by atoms with Crippen molar-refractivity contribution in [1.29, 1.82) is 0 Å². The van der Waals surface area contributed by atoms with Crippen molar-refractivity contribution in [2.24, 2.45) is 0 Å². The minimum absolute atomic E-state index is 0.0529. The predicted molar refractivity (Wildman–Crippen MR) is 159 cm³/mol. The Morgan fingerprint density at radius 1 is 0.864 bits per heavy atom. The molecule has 1 atom stereocenters. The van der Waals surface area contributed by atoms with Gasteiger partial charge in [0.1, 0.15) is 42.5 Å². The van der Waals surface area contributed by atoms with Gasteiger partial charge in [-0.25, -0.2) is 9.59 Å². The van der Waals surface area contributed by atoms with Crippen LogP contribution in [0.2, 0.25) is 0 Å². The normalized spacial score (nSPS) is 12.9. The molecular formula is C34H35F3O7. The Morgan fingerprint density at radius 2 is 1.52 bits per heavy atom. The van der Waals surface area contributed by atoms with E-state index in [1.165, 1.54) is 25.1 Å². The van der Waals surface area contributed by atoms with Gasteiger partial charge in [-0.1, -0.05) is 67.8 Å². The molecule has 7 nitrogen and oxygen atoms in total. The van der Waals surface area contributed by atoms with Crippen LogP contribution in [0.1, 0.15) is 54.7 Å². The number of aliphatic hydroxyl groups is 1. The highest BCUT2D eigenvalue weighted by Gasteiger charge is 2.39. The van der Waals surface area contributed by atoms with Crippen molar-refractivity contribution in [3.05, 3.63) is 108 Å². The molecule has 3 aromatic carbocycles. The number of hydrogen-bond donors (Lipinski definition) is 1. The quantitative estimate of drug-likeness (QED) is 0.168. The van der Waals surface area contributed by atoms with Crippen molar-refractivity contribution in [3.63, 3.8) is 0 Å². The Morgan fingerprint density at radius 3 is 2.11 bits per heavy atom. The molecule has 0 amide bonds. The molecule has 0 saturated carbocycles. The molecule has 0 spiro atoms. The summed E-state index contributed by atoms with van der Waals surface area (Å²) in [5, 5.41) is 11.3. The zero-order chi connectivity index (χ0) is 32.7. The Bertz CT molecular complexity index is 1500. The van der Waals surface area contributed by atoms with Crippen LogP contribution in [0, 0.1) is 0 Å². The maximum atomic E-state index is 14.0. The van der Waals surface area contributed by atoms with Gasteiger partial charge in [0.2, 0.25) is 0 Å². The number of benzene rings is 3. The van der Waals surface area contributed by atoms with E-state index in [4.69, 9.17) is 18.9 Å². The fourth-order valence-electron chi connectivity index (χ4n) is 4.24. The highest BCUT2D eigenvalue weighted by Crippen LogP contribution is 2.41. The van der Waals surface area contributed by atoms with Gasteiger partial charge in [0.25, 0.3) is 0 Å². The van der Waals surface area contributed by atoms with Gasteiger partial charge in [-0.2, -0.15) is 13.2 Å². The second-order valence-corrected chi connectivity index (χ2v) is 10.9. The van der Waals surface area contributed by atoms with Gasteiger partial charge in [0.15, 0.2) is 5.60 Å². The molecule has 0 heterocycles. The van der Waals surface area contributed by atoms with Crippen molar-refractivity contribution in [2.75, 3.05) is 13.2 Å². The minimum atomic E-state index is -4.83. The van der Waals surface area contributed by atoms with Gasteiger partial charge in [-0.15, -0.1) is 0 Å². The minimum Gasteiger partial charge on any atom is -0.489 e. The van der Waals surface area contributed by atoms with Gasteiger partial charge >= 0.3 is 18.1 Å². The molecule has 44 heavy (non-hydrogen) atoms. The molecular weight excluding hydrogens is 577 g/mol. The van der Waals surface area contributed by atoms with Crippen molar-refractivity contribution < 1.29 is 46.8 Å². The second kappa shape index (κ2) is 13.8. The predicted octanol–water partition coefficient (Wildman–Crippen LogP) is 7.41. The summed E-state index contributed by atoms with van der Waals surface area (Å²) < 4.78 is 63.8. The topological polar surface area (TPSA) is 91.3 Å². The fourth-order valence-corrected chi connectivity index (χ4v) is 4.24. The number of esters is 2. The van der Waals surface area contributed by atoms with E-state index < -0.39 is 46.2 Å². The van der Waals surface area contributed by atoms with Crippen molar-refractivity contribution >= 4 is 11.9 Å². The number of alkyl halides is 3. The molecule has 0 bridgehead atoms. The maximum absolute atomic E-state index is 14.0. The van der Waals surface area contributed by atoms with Crippen LogP contribution >= 0.6 is 0 Å². The van der Waals surface area contributed by atoms with Crippen LogP contribution in [-0.2, 0) is 32.7 Å². The molecule has 0 aliphatic rings. The number of ether oxygens (including phenoxy) is 4. The Balaban J connectivity index is 2.11. The SMILES string of the molecule is C=CCOC(=O)C(C)(O)c1cc(OCc2ccc(C(F)(F)F)c(OCC=C)c2C(=O)OC(C)(C)C)ccc1-c1ccccc1. The third-order valence-corrected chi connectivity index (χ3v) is 6.22. The van der Waals surface area contributed by atoms with E-state index in [9.17, 15) is 27.9 Å². The van der Waals surface area contributed by atoms with E-state index in [1.54, 1.807) is 57.2 Å². The number of hydrogen-bond acceptors (Lipinski definition) is 7. The molecule has 234 valence electrons. The molecule has 0 saturated heterocycles. The summed E-state index contributed by atoms with van der Waals surface area (Å²) in [7, 11) is 0. The second-order valence-electron chi connectivity index (χ2n) is 10.9. The summed E-state index contributed by atoms with van der Waals surface area (Å²) in [4.78, 5) is 26.1. The van der Waals surface area contributed by atoms with E-state index in [2.05, 4.69) is 13.2 Å². The first kappa shape index (κ1) is 33.9. The molecule has 0 aliphatic carbocycles. The summed E-state index contributed by atoms with van der Waals surface area (Å²) in [5.41, 5.74) is -3.32. The molecule has 1 N–H and O–H groups in total. The van der Waals surface area contributed by atoms with E-state index in [0.29, 0.717) is 11.1 Å². The zero-order valence-corrected chi connectivity index (χ0v) is 25.0. The van der Waals surface area contributed by atoms with Gasteiger partial charge in [0.05, 0.1) is 5.56 Å². The lowest BCUT2D eigenvalue weighted by Crippen LogP contribution is -2.34. The van der Waals surface area contributed by atoms with Crippen LogP contribution in [0.15, 0.2) is 86.0 Å². The van der Waals surface area contributed by atoms with Crippen LogP contribution in [-0.4, -0.2) is 35.9 Å². The van der Waals surface area contributed by atoms with Crippen molar-refractivity contribution in [2.45, 2.75) is 51.7 Å². The standard InChI is InChI=1S/C34H35F3O7/c1-7-18-41-29-26(34(35,36)37)17-14-23(28(29)30(38)44-32(3,4)5)21-43-24-15-16-25(22-12-10-9-11-13-22)27(20-24)33(6,40)31(39)42-19-8-2/h7-17,20,40H,1-2,18-19,21H2,3-6H3. The van der Waals surface area contributed by atoms with Gasteiger partial charge in [0, 0.05) is 11.1 Å². The van der Waals surface area contributed by atoms with Crippen LogP contribution in [0.3, 0.4) is 0 Å². The fraction of sp³-hybridized carbons (Fsp3) is 0.294. The van der Waals surface area contributed by atoms with E-state index in [-0.39, 0.29) is 36.7 Å². The lowest BCUT2D eigenvalue weighted by Gasteiger charge is -2.25. The summed E-state index contributed by atoms with van der Waals surface area (Å²) in [5.74, 6) is -2.51. The van der Waals surface area contributed by atoms with Gasteiger partial charge < -0.3 is 24.1 Å². The Labute approximate surface area is 254 Å². The third kappa shape index (κ3) is 8.29. The van der Waals surface area contributed by atoms with Crippen molar-refractivity contribution in [1.82, 2.24) is 0 Å². The van der Waals surface area contributed by atoms with Crippen LogP contribution < -0.4 is 9.47 Å². The molecule has 0 fully saturated rings. The zero-order valence-electron chi connectivity index (χ0n) is 25.0. The number of halogens is 3. The number of carbonyl (C=O) groups excluding carboxylic acids is 2.